The molecule has 0 unspecified atom stereocenters. The van der Waals surface area contributed by atoms with Crippen molar-refractivity contribution >= 4 is 5.69 Å². The van der Waals surface area contributed by atoms with Crippen molar-refractivity contribution in [2.24, 2.45) is 0 Å². The Hall–Kier alpha value is -2.50. The van der Waals surface area contributed by atoms with Crippen LogP contribution < -0.4 is 5.56 Å². The van der Waals surface area contributed by atoms with E-state index in [9.17, 15) is 19.3 Å². The molecule has 0 atom stereocenters. The highest BCUT2D eigenvalue weighted by Crippen LogP contribution is 2.23. The summed E-state index contributed by atoms with van der Waals surface area (Å²) in [6, 6.07) is 6.44. The molecule has 5 nitrogen and oxygen atoms in total. The fraction of sp³-hybridized carbons (Fsp3) is 0. The zero-order chi connectivity index (χ0) is 12.4. The summed E-state index contributed by atoms with van der Waals surface area (Å²) in [6.45, 7) is 0. The minimum atomic E-state index is -0.925. The second-order valence-electron chi connectivity index (χ2n) is 3.34. The molecule has 1 N–H and O–H groups in total. The van der Waals surface area contributed by atoms with Crippen molar-refractivity contribution < 1.29 is 9.31 Å². The van der Waals surface area contributed by atoms with E-state index in [1.54, 1.807) is 6.07 Å². The number of nitro benzene ring substituents is 1. The number of pyridine rings is 1. The Morgan fingerprint density at radius 2 is 2.06 bits per heavy atom. The molecule has 2 aromatic rings. The van der Waals surface area contributed by atoms with Gasteiger partial charge in [-0.2, -0.15) is 4.39 Å². The molecular formula is C11H7FN2O3. The Morgan fingerprint density at radius 1 is 1.29 bits per heavy atom. The zero-order valence-electron chi connectivity index (χ0n) is 8.51. The van der Waals surface area contributed by atoms with Crippen LogP contribution in [-0.4, -0.2) is 9.91 Å². The number of hydrogen-bond acceptors (Lipinski definition) is 3. The Labute approximate surface area is 94.7 Å². The Balaban J connectivity index is 2.62. The average Bonchev–Trinajstić information content (AvgIpc) is 2.30. The summed E-state index contributed by atoms with van der Waals surface area (Å²) in [6.07, 6.45) is 1.45. The molecule has 0 aliphatic rings. The Bertz CT molecular complexity index is 637. The lowest BCUT2D eigenvalue weighted by molar-refractivity contribution is -0.387. The third-order valence-corrected chi connectivity index (χ3v) is 2.27. The second kappa shape index (κ2) is 4.17. The molecule has 2 rings (SSSR count). The van der Waals surface area contributed by atoms with Crippen LogP contribution in [0.4, 0.5) is 10.1 Å². The van der Waals surface area contributed by atoms with Crippen LogP contribution in [0, 0.1) is 15.9 Å². The third-order valence-electron chi connectivity index (χ3n) is 2.27. The van der Waals surface area contributed by atoms with Gasteiger partial charge in [-0.3, -0.25) is 14.9 Å². The Kier molecular flexibility index (Phi) is 2.70. The highest BCUT2D eigenvalue weighted by molar-refractivity contribution is 5.65. The van der Waals surface area contributed by atoms with Crippen molar-refractivity contribution in [3.8, 4) is 11.1 Å². The van der Waals surface area contributed by atoms with Crippen LogP contribution in [-0.2, 0) is 0 Å². The van der Waals surface area contributed by atoms with Crippen LogP contribution in [0.15, 0.2) is 41.3 Å². The molecule has 17 heavy (non-hydrogen) atoms. The molecule has 86 valence electrons. The van der Waals surface area contributed by atoms with Gasteiger partial charge in [0.2, 0.25) is 5.82 Å². The highest BCUT2D eigenvalue weighted by Gasteiger charge is 2.15. The molecule has 0 radical (unpaired) electrons. The van der Waals surface area contributed by atoms with Crippen LogP contribution in [0.1, 0.15) is 0 Å². The number of aromatic amines is 1. The van der Waals surface area contributed by atoms with E-state index in [1.807, 2.05) is 0 Å². The summed E-state index contributed by atoms with van der Waals surface area (Å²) in [7, 11) is 0. The van der Waals surface area contributed by atoms with E-state index in [4.69, 9.17) is 0 Å². The second-order valence-corrected chi connectivity index (χ2v) is 3.34. The fourth-order valence-corrected chi connectivity index (χ4v) is 1.47. The van der Waals surface area contributed by atoms with E-state index < -0.39 is 16.4 Å². The van der Waals surface area contributed by atoms with Crippen LogP contribution in [0.3, 0.4) is 0 Å². The molecule has 6 heteroatoms. The quantitative estimate of drug-likeness (QED) is 0.638. The first-order chi connectivity index (χ1) is 8.09. The molecule has 0 bridgehead atoms. The van der Waals surface area contributed by atoms with E-state index in [1.165, 1.54) is 18.3 Å². The zero-order valence-corrected chi connectivity index (χ0v) is 8.51. The third kappa shape index (κ3) is 2.05. The molecule has 0 aliphatic carbocycles. The van der Waals surface area contributed by atoms with Crippen molar-refractivity contribution in [3.63, 3.8) is 0 Å². The average molecular weight is 234 g/mol. The van der Waals surface area contributed by atoms with E-state index >= 15 is 0 Å². The van der Waals surface area contributed by atoms with Gasteiger partial charge in [0.25, 0.3) is 5.56 Å². The number of benzene rings is 1. The summed E-state index contributed by atoms with van der Waals surface area (Å²) in [5, 5.41) is 10.6. The van der Waals surface area contributed by atoms with Crippen molar-refractivity contribution in [1.29, 1.82) is 0 Å². The molecule has 1 aromatic carbocycles. The van der Waals surface area contributed by atoms with Gasteiger partial charge < -0.3 is 4.98 Å². The number of aromatic nitrogens is 1. The molecule has 0 saturated carbocycles. The van der Waals surface area contributed by atoms with E-state index in [2.05, 4.69) is 4.98 Å². The predicted octanol–water partition coefficient (Wildman–Crippen LogP) is 2.09. The van der Waals surface area contributed by atoms with Gasteiger partial charge in [-0.15, -0.1) is 0 Å². The monoisotopic (exact) mass is 234 g/mol. The number of rotatable bonds is 2. The first-order valence-electron chi connectivity index (χ1n) is 4.71. The van der Waals surface area contributed by atoms with Crippen LogP contribution >= 0.6 is 0 Å². The van der Waals surface area contributed by atoms with Crippen molar-refractivity contribution in [1.82, 2.24) is 4.98 Å². The highest BCUT2D eigenvalue weighted by atomic mass is 19.1. The van der Waals surface area contributed by atoms with Gasteiger partial charge in [0.05, 0.1) is 4.92 Å². The molecular weight excluding hydrogens is 227 g/mol. The van der Waals surface area contributed by atoms with Gasteiger partial charge >= 0.3 is 5.69 Å². The predicted molar refractivity (Wildman–Crippen MR) is 59.1 cm³/mol. The smallest absolute Gasteiger partial charge is 0.305 e. The summed E-state index contributed by atoms with van der Waals surface area (Å²) >= 11 is 0. The van der Waals surface area contributed by atoms with Gasteiger partial charge in [0, 0.05) is 17.8 Å². The van der Waals surface area contributed by atoms with E-state index in [-0.39, 0.29) is 11.1 Å². The lowest BCUT2D eigenvalue weighted by atomic mass is 10.1. The van der Waals surface area contributed by atoms with Crippen molar-refractivity contribution in [2.45, 2.75) is 0 Å². The maximum Gasteiger partial charge on any atom is 0.305 e. The van der Waals surface area contributed by atoms with Crippen molar-refractivity contribution in [2.75, 3.05) is 0 Å². The minimum Gasteiger partial charge on any atom is -0.329 e. The first-order valence-corrected chi connectivity index (χ1v) is 4.71. The van der Waals surface area contributed by atoms with Crippen molar-refractivity contribution in [3.05, 3.63) is 62.8 Å². The molecule has 0 spiro atoms. The van der Waals surface area contributed by atoms with Gasteiger partial charge in [-0.1, -0.05) is 6.07 Å². The number of hydrogen-bond donors (Lipinski definition) is 1. The fourth-order valence-electron chi connectivity index (χ4n) is 1.47. The lowest BCUT2D eigenvalue weighted by Gasteiger charge is -2.00. The summed E-state index contributed by atoms with van der Waals surface area (Å²) in [4.78, 5) is 23.7. The normalized spacial score (nSPS) is 10.2. The topological polar surface area (TPSA) is 76.0 Å². The van der Waals surface area contributed by atoms with Crippen LogP contribution in [0.25, 0.3) is 11.1 Å². The number of nitro groups is 1. The van der Waals surface area contributed by atoms with Crippen LogP contribution in [0.2, 0.25) is 0 Å². The largest absolute Gasteiger partial charge is 0.329 e. The van der Waals surface area contributed by atoms with E-state index in [0.717, 1.165) is 12.1 Å². The Morgan fingerprint density at radius 3 is 2.71 bits per heavy atom. The molecule has 0 aliphatic heterocycles. The SMILES string of the molecule is O=c1[nH]cccc1-c1ccc(F)c([N+](=O)[O-])c1. The lowest BCUT2D eigenvalue weighted by Crippen LogP contribution is -2.07. The number of nitrogens with zero attached hydrogens (tertiary/aromatic N) is 1. The van der Waals surface area contributed by atoms with Gasteiger partial charge in [-0.05, 0) is 23.8 Å². The summed E-state index contributed by atoms with van der Waals surface area (Å²) < 4.78 is 13.1. The number of nitrogens with one attached hydrogen (secondary N) is 1. The van der Waals surface area contributed by atoms with Gasteiger partial charge in [0.1, 0.15) is 0 Å². The summed E-state index contributed by atoms with van der Waals surface area (Å²) in [5.41, 5.74) is -0.463. The van der Waals surface area contributed by atoms with Crippen LogP contribution in [0.5, 0.6) is 0 Å². The molecule has 1 aromatic heterocycles. The summed E-state index contributed by atoms with van der Waals surface area (Å²) in [5.74, 6) is -0.925. The molecule has 0 fully saturated rings. The van der Waals surface area contributed by atoms with E-state index in [0.29, 0.717) is 5.56 Å². The van der Waals surface area contributed by atoms with Gasteiger partial charge in [0.15, 0.2) is 0 Å². The molecule has 0 amide bonds. The van der Waals surface area contributed by atoms with Gasteiger partial charge in [-0.25, -0.2) is 0 Å². The molecule has 0 saturated heterocycles. The number of H-pyrrole nitrogens is 1. The molecule has 1 heterocycles. The minimum absolute atomic E-state index is 0.260. The maximum atomic E-state index is 13.1. The standard InChI is InChI=1S/C11H7FN2O3/c12-9-4-3-7(6-10(9)14(16)17)8-2-1-5-13-11(8)15/h1-6H,(H,13,15). The maximum absolute atomic E-state index is 13.1. The first kappa shape index (κ1) is 11.0. The number of halogens is 1.